The minimum Gasteiger partial charge on any atom is -0.378 e. The Morgan fingerprint density at radius 2 is 1.90 bits per heavy atom. The Balaban J connectivity index is 1.19. The first-order chi connectivity index (χ1) is 14.8. The van der Waals surface area contributed by atoms with E-state index in [0.29, 0.717) is 55.0 Å². The summed E-state index contributed by atoms with van der Waals surface area (Å²) < 4.78 is 47.2. The Morgan fingerprint density at radius 1 is 1.19 bits per heavy atom. The predicted octanol–water partition coefficient (Wildman–Crippen LogP) is 2.54. The van der Waals surface area contributed by atoms with Crippen molar-refractivity contribution < 1.29 is 22.3 Å². The normalized spacial score (nSPS) is 26.0. The van der Waals surface area contributed by atoms with Crippen LogP contribution >= 0.6 is 11.3 Å². The van der Waals surface area contributed by atoms with E-state index < -0.39 is 10.0 Å². The number of halogens is 1. The van der Waals surface area contributed by atoms with Gasteiger partial charge in [0.2, 0.25) is 5.91 Å². The number of carbonyl (C=O) groups is 1. The van der Waals surface area contributed by atoms with Gasteiger partial charge in [-0.05, 0) is 54.0 Å². The lowest BCUT2D eigenvalue weighted by Gasteiger charge is -2.29. The lowest BCUT2D eigenvalue weighted by molar-refractivity contribution is -0.118. The first-order valence-electron chi connectivity index (χ1n) is 10.3. The van der Waals surface area contributed by atoms with Gasteiger partial charge in [0.25, 0.3) is 10.0 Å². The van der Waals surface area contributed by atoms with E-state index in [0.717, 1.165) is 5.56 Å². The van der Waals surface area contributed by atoms with Gasteiger partial charge < -0.3 is 15.0 Å². The summed E-state index contributed by atoms with van der Waals surface area (Å²) >= 11 is 1.23. The minimum absolute atomic E-state index is 0.0216. The van der Waals surface area contributed by atoms with Crippen molar-refractivity contribution in [3.8, 4) is 0 Å². The van der Waals surface area contributed by atoms with Crippen LogP contribution in [0, 0.1) is 30.5 Å². The quantitative estimate of drug-likeness (QED) is 0.734. The van der Waals surface area contributed by atoms with Crippen molar-refractivity contribution in [2.24, 2.45) is 17.8 Å². The molecule has 31 heavy (non-hydrogen) atoms. The predicted molar refractivity (Wildman–Crippen MR) is 116 cm³/mol. The molecule has 1 saturated carbocycles. The number of piperidine rings is 1. The van der Waals surface area contributed by atoms with Gasteiger partial charge in [0.1, 0.15) is 10.0 Å². The number of benzene rings is 1. The van der Waals surface area contributed by atoms with Crippen molar-refractivity contribution in [1.29, 1.82) is 0 Å². The molecule has 1 aromatic heterocycles. The summed E-state index contributed by atoms with van der Waals surface area (Å²) in [4.78, 5) is 14.6. The number of aryl methyl sites for hydroxylation is 1. The zero-order valence-electron chi connectivity index (χ0n) is 17.1. The zero-order chi connectivity index (χ0) is 21.8. The van der Waals surface area contributed by atoms with E-state index in [4.69, 9.17) is 4.74 Å². The fourth-order valence-electron chi connectivity index (χ4n) is 4.61. The van der Waals surface area contributed by atoms with Gasteiger partial charge in [-0.15, -0.1) is 11.3 Å². The third-order valence-electron chi connectivity index (χ3n) is 6.33. The molecule has 5 rings (SSSR count). The lowest BCUT2D eigenvalue weighted by atomic mass is 10.2. The van der Waals surface area contributed by atoms with Crippen LogP contribution < -0.4 is 10.2 Å². The second-order valence-electron chi connectivity index (χ2n) is 8.37. The Bertz CT molecular complexity index is 1100. The maximum Gasteiger partial charge on any atom is 0.252 e. The Kier molecular flexibility index (Phi) is 5.28. The molecule has 2 aromatic rings. The van der Waals surface area contributed by atoms with Crippen molar-refractivity contribution in [2.45, 2.75) is 11.1 Å². The molecule has 3 aliphatic rings. The summed E-state index contributed by atoms with van der Waals surface area (Å²) in [6, 6.07) is 6.42. The minimum atomic E-state index is -3.49. The molecule has 1 amide bonds. The SMILES string of the molecule is Cc1csc(S(=O)(=O)N2CC3C(C2)C3C(=O)Nc2ccc(N3CCOCC3)c(F)c2)c1. The Labute approximate surface area is 184 Å². The van der Waals surface area contributed by atoms with Gasteiger partial charge in [0, 0.05) is 37.8 Å². The molecule has 0 radical (unpaired) electrons. The number of fused-ring (bicyclic) bond motifs is 1. The van der Waals surface area contributed by atoms with Crippen LogP contribution in [-0.2, 0) is 19.6 Å². The Morgan fingerprint density at radius 3 is 2.52 bits per heavy atom. The average Bonchev–Trinajstić information content (AvgIpc) is 3.06. The highest BCUT2D eigenvalue weighted by atomic mass is 32.2. The molecule has 166 valence electrons. The van der Waals surface area contributed by atoms with Crippen LogP contribution in [0.3, 0.4) is 0 Å². The summed E-state index contributed by atoms with van der Waals surface area (Å²) in [5.41, 5.74) is 1.86. The van der Waals surface area contributed by atoms with Crippen LogP contribution in [-0.4, -0.2) is 58.0 Å². The highest BCUT2D eigenvalue weighted by Gasteiger charge is 2.61. The summed E-state index contributed by atoms with van der Waals surface area (Å²) in [6.07, 6.45) is 0. The van der Waals surface area contributed by atoms with Crippen LogP contribution in [0.25, 0.3) is 0 Å². The number of anilines is 2. The Hall–Kier alpha value is -2.01. The third kappa shape index (κ3) is 3.86. The number of morpholine rings is 1. The average molecular weight is 466 g/mol. The van der Waals surface area contributed by atoms with Crippen LogP contribution in [0.1, 0.15) is 5.56 Å². The molecule has 2 unspecified atom stereocenters. The maximum atomic E-state index is 14.6. The van der Waals surface area contributed by atoms with E-state index in [1.165, 1.54) is 21.7 Å². The largest absolute Gasteiger partial charge is 0.378 e. The number of rotatable bonds is 5. The van der Waals surface area contributed by atoms with E-state index in [1.54, 1.807) is 18.2 Å². The second kappa shape index (κ2) is 7.84. The number of ether oxygens (including phenoxy) is 1. The lowest BCUT2D eigenvalue weighted by Crippen LogP contribution is -2.36. The number of amides is 1. The van der Waals surface area contributed by atoms with Gasteiger partial charge in [0.05, 0.1) is 18.9 Å². The summed E-state index contributed by atoms with van der Waals surface area (Å²) in [5.74, 6) is -0.725. The van der Waals surface area contributed by atoms with Crippen LogP contribution in [0.15, 0.2) is 33.9 Å². The second-order valence-corrected chi connectivity index (χ2v) is 11.4. The number of sulfonamides is 1. The molecule has 2 aliphatic heterocycles. The first-order valence-corrected chi connectivity index (χ1v) is 12.6. The fourth-order valence-corrected chi connectivity index (χ4v) is 7.51. The number of hydrogen-bond acceptors (Lipinski definition) is 6. The van der Waals surface area contributed by atoms with Crippen molar-refractivity contribution >= 4 is 38.6 Å². The number of hydrogen-bond donors (Lipinski definition) is 1. The number of nitrogens with zero attached hydrogens (tertiary/aromatic N) is 2. The maximum absolute atomic E-state index is 14.6. The monoisotopic (exact) mass is 465 g/mol. The van der Waals surface area contributed by atoms with Crippen molar-refractivity contribution in [1.82, 2.24) is 4.31 Å². The molecule has 2 saturated heterocycles. The number of carbonyl (C=O) groups excluding carboxylic acids is 1. The molecule has 1 aliphatic carbocycles. The summed E-state index contributed by atoms with van der Waals surface area (Å²) in [5, 5.41) is 4.63. The van der Waals surface area contributed by atoms with E-state index in [-0.39, 0.29) is 29.5 Å². The van der Waals surface area contributed by atoms with E-state index in [2.05, 4.69) is 5.32 Å². The molecule has 7 nitrogen and oxygen atoms in total. The summed E-state index contributed by atoms with van der Waals surface area (Å²) in [6.45, 7) is 4.99. The van der Waals surface area contributed by atoms with Gasteiger partial charge >= 0.3 is 0 Å². The van der Waals surface area contributed by atoms with E-state index in [1.807, 2.05) is 17.2 Å². The zero-order valence-corrected chi connectivity index (χ0v) is 18.7. The smallest absolute Gasteiger partial charge is 0.252 e. The number of thiophene rings is 1. The van der Waals surface area contributed by atoms with E-state index in [9.17, 15) is 17.6 Å². The van der Waals surface area contributed by atoms with E-state index >= 15 is 0 Å². The highest BCUT2D eigenvalue weighted by Crippen LogP contribution is 2.53. The standard InChI is InChI=1S/C21H24FN3O4S2/c1-13-8-19(30-12-13)31(27,28)25-10-15-16(11-25)20(15)21(26)23-14-2-3-18(17(22)9-14)24-4-6-29-7-5-24/h2-3,8-9,12,15-16,20H,4-7,10-11H2,1H3,(H,23,26). The first kappa shape index (κ1) is 20.9. The van der Waals surface area contributed by atoms with Gasteiger partial charge in [0.15, 0.2) is 0 Å². The van der Waals surface area contributed by atoms with Crippen LogP contribution in [0.2, 0.25) is 0 Å². The number of nitrogens with one attached hydrogen (secondary N) is 1. The third-order valence-corrected chi connectivity index (χ3v) is 9.70. The van der Waals surface area contributed by atoms with Crippen molar-refractivity contribution in [3.05, 3.63) is 41.0 Å². The van der Waals surface area contributed by atoms with Gasteiger partial charge in [-0.25, -0.2) is 12.8 Å². The van der Waals surface area contributed by atoms with Gasteiger partial charge in [-0.2, -0.15) is 4.31 Å². The van der Waals surface area contributed by atoms with Crippen molar-refractivity contribution in [2.75, 3.05) is 49.6 Å². The van der Waals surface area contributed by atoms with Gasteiger partial charge in [-0.1, -0.05) is 0 Å². The molecule has 3 fully saturated rings. The molecule has 0 bridgehead atoms. The van der Waals surface area contributed by atoms with Crippen LogP contribution in [0.4, 0.5) is 15.8 Å². The van der Waals surface area contributed by atoms with Crippen LogP contribution in [0.5, 0.6) is 0 Å². The highest BCUT2D eigenvalue weighted by molar-refractivity contribution is 7.91. The molecular formula is C21H24FN3O4S2. The molecular weight excluding hydrogens is 441 g/mol. The summed E-state index contributed by atoms with van der Waals surface area (Å²) in [7, 11) is -3.49. The van der Waals surface area contributed by atoms with Gasteiger partial charge in [-0.3, -0.25) is 4.79 Å². The van der Waals surface area contributed by atoms with Crippen molar-refractivity contribution in [3.63, 3.8) is 0 Å². The molecule has 3 heterocycles. The molecule has 2 atom stereocenters. The molecule has 10 heteroatoms. The molecule has 1 N–H and O–H groups in total. The molecule has 0 spiro atoms. The fraction of sp³-hybridized carbons (Fsp3) is 0.476. The molecule has 1 aromatic carbocycles. The topological polar surface area (TPSA) is 79.0 Å².